The fraction of sp³-hybridized carbons (Fsp3) is 0.360. The van der Waals surface area contributed by atoms with Crippen molar-refractivity contribution in [3.63, 3.8) is 0 Å². The molecular formula is C25H23Cl. The standard InChI is InChI=1S/C25H23Cl/c26-20-6-8-21-18-10-15-9-16(11-18)13-19(12-15)25-22-4-2-1-3-17(22)5-7-23(25)24(21)14-20/h1-8,14-16,18-19H,9-13H2. The first-order valence-corrected chi connectivity index (χ1v) is 10.5. The van der Waals surface area contributed by atoms with Crippen LogP contribution in [0.2, 0.25) is 5.02 Å². The topological polar surface area (TPSA) is 0 Å². The van der Waals surface area contributed by atoms with Gasteiger partial charge in [-0.2, -0.15) is 0 Å². The Bertz CT molecular complexity index is 1000. The Morgan fingerprint density at radius 3 is 2.31 bits per heavy atom. The Labute approximate surface area is 160 Å². The van der Waals surface area contributed by atoms with Gasteiger partial charge in [-0.25, -0.2) is 0 Å². The van der Waals surface area contributed by atoms with Gasteiger partial charge in [-0.1, -0.05) is 54.1 Å². The smallest absolute Gasteiger partial charge is 0.0412 e. The first-order valence-electron chi connectivity index (χ1n) is 10.1. The van der Waals surface area contributed by atoms with Crippen molar-refractivity contribution in [1.29, 1.82) is 0 Å². The molecule has 2 unspecified atom stereocenters. The Morgan fingerprint density at radius 1 is 0.692 bits per heavy atom. The van der Waals surface area contributed by atoms with Crippen molar-refractivity contribution in [2.45, 2.75) is 43.9 Å². The fourth-order valence-corrected chi connectivity index (χ4v) is 6.60. The summed E-state index contributed by atoms with van der Waals surface area (Å²) in [6.45, 7) is 0. The number of rotatable bonds is 0. The first kappa shape index (κ1) is 15.3. The Kier molecular flexibility index (Phi) is 3.29. The molecule has 4 aliphatic rings. The maximum absolute atomic E-state index is 6.48. The third-order valence-corrected chi connectivity index (χ3v) is 7.50. The Morgan fingerprint density at radius 2 is 1.46 bits per heavy atom. The lowest BCUT2D eigenvalue weighted by atomic mass is 9.63. The van der Waals surface area contributed by atoms with Gasteiger partial charge in [-0.05, 0) is 101 Å². The van der Waals surface area contributed by atoms with Crippen LogP contribution in [0, 0.1) is 11.8 Å². The van der Waals surface area contributed by atoms with Crippen LogP contribution in [-0.4, -0.2) is 0 Å². The second kappa shape index (κ2) is 5.60. The molecule has 7 rings (SSSR count). The number of hydrogen-bond donors (Lipinski definition) is 0. The van der Waals surface area contributed by atoms with Gasteiger partial charge in [-0.15, -0.1) is 0 Å². The van der Waals surface area contributed by atoms with Gasteiger partial charge < -0.3 is 0 Å². The maximum Gasteiger partial charge on any atom is 0.0412 e. The van der Waals surface area contributed by atoms with Gasteiger partial charge in [0.15, 0.2) is 0 Å². The minimum Gasteiger partial charge on any atom is -0.0843 e. The van der Waals surface area contributed by atoms with Gasteiger partial charge in [0.25, 0.3) is 0 Å². The summed E-state index contributed by atoms with van der Waals surface area (Å²) < 4.78 is 0. The fourth-order valence-electron chi connectivity index (χ4n) is 6.43. The van der Waals surface area contributed by atoms with Gasteiger partial charge in [0.05, 0.1) is 0 Å². The van der Waals surface area contributed by atoms with E-state index in [9.17, 15) is 0 Å². The van der Waals surface area contributed by atoms with Crippen LogP contribution in [-0.2, 0) is 0 Å². The zero-order valence-electron chi connectivity index (χ0n) is 14.9. The highest BCUT2D eigenvalue weighted by atomic mass is 35.5. The van der Waals surface area contributed by atoms with Gasteiger partial charge >= 0.3 is 0 Å². The van der Waals surface area contributed by atoms with Crippen LogP contribution in [0.1, 0.15) is 55.1 Å². The molecule has 0 aliphatic heterocycles. The van der Waals surface area contributed by atoms with Crippen LogP contribution in [0.5, 0.6) is 0 Å². The molecule has 4 bridgehead atoms. The van der Waals surface area contributed by atoms with E-state index in [-0.39, 0.29) is 0 Å². The van der Waals surface area contributed by atoms with Gasteiger partial charge in [0, 0.05) is 5.02 Å². The number of hydrogen-bond acceptors (Lipinski definition) is 0. The second-order valence-corrected chi connectivity index (χ2v) is 9.22. The second-order valence-electron chi connectivity index (χ2n) is 8.78. The minimum atomic E-state index is 0.700. The highest BCUT2D eigenvalue weighted by Crippen LogP contribution is 2.56. The molecule has 1 heteroatoms. The minimum absolute atomic E-state index is 0.700. The molecule has 0 N–H and O–H groups in total. The Balaban J connectivity index is 1.73. The van der Waals surface area contributed by atoms with Crippen molar-refractivity contribution in [3.05, 3.63) is 70.7 Å². The van der Waals surface area contributed by atoms with E-state index in [4.69, 9.17) is 11.6 Å². The van der Waals surface area contributed by atoms with Crippen LogP contribution in [0.4, 0.5) is 0 Å². The van der Waals surface area contributed by atoms with Crippen LogP contribution < -0.4 is 0 Å². The van der Waals surface area contributed by atoms with Crippen LogP contribution in [0.25, 0.3) is 21.9 Å². The van der Waals surface area contributed by atoms with E-state index in [0.29, 0.717) is 11.8 Å². The molecule has 0 radical (unpaired) electrons. The van der Waals surface area contributed by atoms with E-state index in [0.717, 1.165) is 16.9 Å². The molecular weight excluding hydrogens is 336 g/mol. The lowest BCUT2D eigenvalue weighted by Crippen LogP contribution is -2.29. The summed E-state index contributed by atoms with van der Waals surface area (Å²) in [5, 5.41) is 3.70. The highest BCUT2D eigenvalue weighted by Gasteiger charge is 2.40. The van der Waals surface area contributed by atoms with Crippen LogP contribution in [0.15, 0.2) is 54.6 Å². The predicted molar refractivity (Wildman–Crippen MR) is 110 cm³/mol. The molecule has 2 fully saturated rings. The van der Waals surface area contributed by atoms with Crippen molar-refractivity contribution in [2.24, 2.45) is 11.8 Å². The molecule has 3 aromatic rings. The third-order valence-electron chi connectivity index (χ3n) is 7.26. The molecule has 0 heterocycles. The van der Waals surface area contributed by atoms with E-state index < -0.39 is 0 Å². The molecule has 4 aliphatic carbocycles. The van der Waals surface area contributed by atoms with Crippen molar-refractivity contribution in [2.75, 3.05) is 0 Å². The van der Waals surface area contributed by atoms with Gasteiger partial charge in [0.2, 0.25) is 0 Å². The van der Waals surface area contributed by atoms with Gasteiger partial charge in [-0.3, -0.25) is 0 Å². The maximum atomic E-state index is 6.48. The summed E-state index contributed by atoms with van der Waals surface area (Å²) in [7, 11) is 0. The molecule has 2 atom stereocenters. The summed E-state index contributed by atoms with van der Waals surface area (Å²) in [5.74, 6) is 3.20. The largest absolute Gasteiger partial charge is 0.0843 e. The molecule has 0 nitrogen and oxygen atoms in total. The number of halogens is 1. The van der Waals surface area contributed by atoms with E-state index in [1.54, 1.807) is 11.1 Å². The highest BCUT2D eigenvalue weighted by molar-refractivity contribution is 6.31. The molecule has 0 saturated heterocycles. The summed E-state index contributed by atoms with van der Waals surface area (Å²) in [5.41, 5.74) is 5.99. The first-order chi connectivity index (χ1) is 12.8. The van der Waals surface area contributed by atoms with Crippen molar-refractivity contribution < 1.29 is 0 Å². The van der Waals surface area contributed by atoms with Crippen molar-refractivity contribution in [3.8, 4) is 11.1 Å². The lowest BCUT2D eigenvalue weighted by molar-refractivity contribution is 0.153. The van der Waals surface area contributed by atoms with E-state index in [1.807, 2.05) is 0 Å². The summed E-state index contributed by atoms with van der Waals surface area (Å²) in [6.07, 6.45) is 6.93. The molecule has 0 spiro atoms. The zero-order chi connectivity index (χ0) is 17.3. The van der Waals surface area contributed by atoms with Crippen molar-refractivity contribution in [1.82, 2.24) is 0 Å². The number of benzene rings is 3. The SMILES string of the molecule is Clc1ccc2c(c1)-c1ccc3ccccc3c1C1CC3CC(CC2C3)C1. The molecule has 0 amide bonds. The quantitative estimate of drug-likeness (QED) is 0.389. The molecule has 0 aromatic heterocycles. The van der Waals surface area contributed by atoms with E-state index in [1.165, 1.54) is 54.0 Å². The number of fused-ring (bicyclic) bond motifs is 1. The summed E-state index contributed by atoms with van der Waals surface area (Å²) >= 11 is 6.48. The van der Waals surface area contributed by atoms with Gasteiger partial charge in [0.1, 0.15) is 0 Å². The molecule has 26 heavy (non-hydrogen) atoms. The van der Waals surface area contributed by atoms with Crippen LogP contribution >= 0.6 is 11.6 Å². The monoisotopic (exact) mass is 358 g/mol. The average Bonchev–Trinajstić information content (AvgIpc) is 2.71. The van der Waals surface area contributed by atoms with Crippen molar-refractivity contribution >= 4 is 22.4 Å². The van der Waals surface area contributed by atoms with E-state index >= 15 is 0 Å². The predicted octanol–water partition coefficient (Wildman–Crippen LogP) is 7.55. The third kappa shape index (κ3) is 2.21. The van der Waals surface area contributed by atoms with E-state index in [2.05, 4.69) is 54.6 Å². The zero-order valence-corrected chi connectivity index (χ0v) is 15.7. The Hall–Kier alpha value is -1.79. The molecule has 130 valence electrons. The normalized spacial score (nSPS) is 29.0. The summed E-state index contributed by atoms with van der Waals surface area (Å²) in [4.78, 5) is 0. The molecule has 2 saturated carbocycles. The summed E-state index contributed by atoms with van der Waals surface area (Å²) in [6, 6.07) is 20.3. The average molecular weight is 359 g/mol. The van der Waals surface area contributed by atoms with Crippen LogP contribution in [0.3, 0.4) is 0 Å². The lowest BCUT2D eigenvalue weighted by Gasteiger charge is -2.42. The molecule has 3 aromatic carbocycles.